The maximum absolute atomic E-state index is 10.3. The summed E-state index contributed by atoms with van der Waals surface area (Å²) in [7, 11) is 0. The molecule has 0 aromatic carbocycles. The maximum atomic E-state index is 10.3. The third-order valence-electron chi connectivity index (χ3n) is 2.31. The van der Waals surface area contributed by atoms with E-state index in [2.05, 4.69) is 10.6 Å². The zero-order chi connectivity index (χ0) is 26.8. The molecule has 10 nitrogen and oxygen atoms in total. The van der Waals surface area contributed by atoms with E-state index in [-0.39, 0.29) is 59.4 Å². The van der Waals surface area contributed by atoms with E-state index in [9.17, 15) is 19.2 Å². The summed E-state index contributed by atoms with van der Waals surface area (Å²) in [5.74, 6) is 0.648. The smallest absolute Gasteiger partial charge is 0.143 e. The molecule has 0 rings (SSSR count). The zero-order valence-corrected chi connectivity index (χ0v) is 21.4. The standard InChI is InChI=1S/C6H13NO.C5H11NO.C4H9NO.C3H7NO.2C2H4O.4CH4/c1-3-7-5-4-6(2)8;1-3-6-4-5(2)7;1-4(6)2-3-5;1-3(5)2-4;2*1-2-3;;;;/h7H,3-5H2,1-2H3;6H,3-4H2,1-2H3;2-3,5H2,1H3;2,4H2,1H3;2*2H,1H3;4*1H4. The van der Waals surface area contributed by atoms with Crippen LogP contribution in [0, 0.1) is 0 Å². The highest BCUT2D eigenvalue weighted by molar-refractivity contribution is 5.77. The molecule has 0 atom stereocenters. The molecule has 0 aliphatic rings. The first kappa shape index (κ1) is 64.2. The first-order chi connectivity index (χ1) is 14.9. The van der Waals surface area contributed by atoms with Gasteiger partial charge in [0.2, 0.25) is 0 Å². The fourth-order valence-corrected chi connectivity index (χ4v) is 0.945. The van der Waals surface area contributed by atoms with Crippen molar-refractivity contribution in [3.05, 3.63) is 0 Å². The fourth-order valence-electron chi connectivity index (χ4n) is 0.945. The molecule has 6 N–H and O–H groups in total. The molecule has 0 aliphatic carbocycles. The van der Waals surface area contributed by atoms with Crippen molar-refractivity contribution in [2.24, 2.45) is 11.5 Å². The number of Topliss-reactive ketones (excluding diaryl/α,β-unsaturated/α-hetero) is 4. The van der Waals surface area contributed by atoms with Crippen LogP contribution in [0.5, 0.6) is 0 Å². The van der Waals surface area contributed by atoms with Crippen LogP contribution in [-0.2, 0) is 28.8 Å². The normalized spacial score (nSPS) is 6.94. The summed E-state index contributed by atoms with van der Waals surface area (Å²) in [5, 5.41) is 5.96. The summed E-state index contributed by atoms with van der Waals surface area (Å²) in [5.41, 5.74) is 9.83. The first-order valence-corrected chi connectivity index (χ1v) is 10.5. The van der Waals surface area contributed by atoms with Crippen LogP contribution in [0.4, 0.5) is 0 Å². The van der Waals surface area contributed by atoms with Crippen LogP contribution < -0.4 is 22.1 Å². The van der Waals surface area contributed by atoms with Gasteiger partial charge in [-0.1, -0.05) is 43.6 Å². The molecule has 10 heteroatoms. The number of nitrogens with two attached hydrogens (primary N) is 2. The van der Waals surface area contributed by atoms with Gasteiger partial charge in [0.1, 0.15) is 35.7 Å². The predicted molar refractivity (Wildman–Crippen MR) is 158 cm³/mol. The summed E-state index contributed by atoms with van der Waals surface area (Å²) in [6.07, 6.45) is 2.67. The predicted octanol–water partition coefficient (Wildman–Crippen LogP) is 3.17. The number of likely N-dealkylation sites (N-methyl/N-ethyl adjacent to an activating group) is 1. The van der Waals surface area contributed by atoms with Gasteiger partial charge in [0, 0.05) is 19.4 Å². The number of carbonyl (C=O) groups is 6. The molecule has 36 heavy (non-hydrogen) atoms. The number of rotatable bonds is 10. The molecule has 0 bridgehead atoms. The highest BCUT2D eigenvalue weighted by Crippen LogP contribution is 1.76. The minimum Gasteiger partial charge on any atom is -0.330 e. The third-order valence-corrected chi connectivity index (χ3v) is 2.31. The Morgan fingerprint density at radius 3 is 1.06 bits per heavy atom. The summed E-state index contributed by atoms with van der Waals surface area (Å²) in [4.78, 5) is 57.7. The lowest BCUT2D eigenvalue weighted by Crippen LogP contribution is -2.19. The number of nitrogens with one attached hydrogen (secondary N) is 2. The van der Waals surface area contributed by atoms with Gasteiger partial charge in [-0.3, -0.25) is 19.2 Å². The lowest BCUT2D eigenvalue weighted by Gasteiger charge is -1.94. The second kappa shape index (κ2) is 69.8. The van der Waals surface area contributed by atoms with E-state index in [4.69, 9.17) is 21.1 Å². The van der Waals surface area contributed by atoms with Crippen molar-refractivity contribution in [2.75, 3.05) is 39.3 Å². The summed E-state index contributed by atoms with van der Waals surface area (Å²) in [6.45, 7) is 16.9. The van der Waals surface area contributed by atoms with Gasteiger partial charge in [0.15, 0.2) is 0 Å². The van der Waals surface area contributed by atoms with Crippen LogP contribution >= 0.6 is 0 Å². The summed E-state index contributed by atoms with van der Waals surface area (Å²) >= 11 is 0. The Morgan fingerprint density at radius 1 is 0.639 bits per heavy atom. The maximum Gasteiger partial charge on any atom is 0.143 e. The highest BCUT2D eigenvalue weighted by Gasteiger charge is 1.88. The van der Waals surface area contributed by atoms with Gasteiger partial charge < -0.3 is 31.7 Å². The number of hydrogen-bond donors (Lipinski definition) is 4. The molecule has 0 saturated heterocycles. The fraction of sp³-hybridized carbons (Fsp3) is 0.769. The van der Waals surface area contributed by atoms with E-state index >= 15 is 0 Å². The van der Waals surface area contributed by atoms with Gasteiger partial charge in [-0.25, -0.2) is 0 Å². The van der Waals surface area contributed by atoms with Crippen LogP contribution in [0.15, 0.2) is 0 Å². The van der Waals surface area contributed by atoms with Crippen molar-refractivity contribution in [1.29, 1.82) is 0 Å². The van der Waals surface area contributed by atoms with Crippen LogP contribution in [0.3, 0.4) is 0 Å². The zero-order valence-electron chi connectivity index (χ0n) is 21.4. The largest absolute Gasteiger partial charge is 0.330 e. The molecule has 0 unspecified atom stereocenters. The van der Waals surface area contributed by atoms with Gasteiger partial charge in [0.05, 0.1) is 13.1 Å². The van der Waals surface area contributed by atoms with Gasteiger partial charge in [0.25, 0.3) is 0 Å². The monoisotopic (exact) mass is 528 g/mol. The molecule has 0 radical (unpaired) electrons. The van der Waals surface area contributed by atoms with Crippen LogP contribution in [0.2, 0.25) is 0 Å². The minimum atomic E-state index is 0. The minimum absolute atomic E-state index is 0. The second-order valence-electron chi connectivity index (χ2n) is 5.91. The second-order valence-corrected chi connectivity index (χ2v) is 5.91. The van der Waals surface area contributed by atoms with Gasteiger partial charge in [-0.05, 0) is 61.2 Å². The molecule has 0 saturated carbocycles. The molecule has 0 heterocycles. The number of hydrogen-bond acceptors (Lipinski definition) is 10. The van der Waals surface area contributed by atoms with Gasteiger partial charge >= 0.3 is 0 Å². The highest BCUT2D eigenvalue weighted by atomic mass is 16.1. The van der Waals surface area contributed by atoms with E-state index in [1.54, 1.807) is 13.8 Å². The Hall–Kier alpha value is -2.14. The number of ketones is 4. The van der Waals surface area contributed by atoms with E-state index < -0.39 is 0 Å². The van der Waals surface area contributed by atoms with Crippen molar-refractivity contribution in [3.8, 4) is 0 Å². The third kappa shape index (κ3) is 216. The average molecular weight is 529 g/mol. The molecule has 224 valence electrons. The van der Waals surface area contributed by atoms with Crippen molar-refractivity contribution in [2.45, 2.75) is 97.9 Å². The Kier molecular flexibility index (Phi) is 125. The van der Waals surface area contributed by atoms with Gasteiger partial charge in [-0.15, -0.1) is 0 Å². The number of aldehydes is 2. The molecular weight excluding hydrogens is 464 g/mol. The quantitative estimate of drug-likeness (QED) is 0.243. The van der Waals surface area contributed by atoms with Crippen molar-refractivity contribution in [1.82, 2.24) is 10.6 Å². The Balaban J connectivity index is -0.0000000284. The van der Waals surface area contributed by atoms with E-state index in [0.717, 1.165) is 32.2 Å². The Bertz CT molecular complexity index is 440. The lowest BCUT2D eigenvalue weighted by atomic mass is 10.3. The molecule has 0 aromatic heterocycles. The van der Waals surface area contributed by atoms with Gasteiger partial charge in [-0.2, -0.15) is 0 Å². The molecular formula is C26H64N4O6. The summed E-state index contributed by atoms with van der Waals surface area (Å²) in [6, 6.07) is 0. The molecule has 0 fully saturated rings. The SMILES string of the molecule is C.C.C.C.CC(=O)CCN.CC(=O)CN.CC=O.CC=O.CCNCC(C)=O.CCNCCC(C)=O. The van der Waals surface area contributed by atoms with Crippen molar-refractivity contribution < 1.29 is 28.8 Å². The Morgan fingerprint density at radius 2 is 0.944 bits per heavy atom. The van der Waals surface area contributed by atoms with Crippen LogP contribution in [0.25, 0.3) is 0 Å². The average Bonchev–Trinajstić information content (AvgIpc) is 2.69. The van der Waals surface area contributed by atoms with Crippen LogP contribution in [0.1, 0.15) is 97.9 Å². The van der Waals surface area contributed by atoms with E-state index in [1.165, 1.54) is 27.7 Å². The van der Waals surface area contributed by atoms with E-state index in [1.807, 2.05) is 13.8 Å². The molecule has 0 aromatic rings. The van der Waals surface area contributed by atoms with Crippen molar-refractivity contribution >= 4 is 35.7 Å². The Labute approximate surface area is 224 Å². The number of carbonyl (C=O) groups excluding carboxylic acids is 6. The van der Waals surface area contributed by atoms with Crippen molar-refractivity contribution in [3.63, 3.8) is 0 Å². The first-order valence-electron chi connectivity index (χ1n) is 10.5. The topological polar surface area (TPSA) is 179 Å². The molecule has 0 spiro atoms. The lowest BCUT2D eigenvalue weighted by molar-refractivity contribution is -0.117. The van der Waals surface area contributed by atoms with Crippen LogP contribution in [-0.4, -0.2) is 75.0 Å². The molecule has 0 aliphatic heterocycles. The molecule has 0 amide bonds. The van der Waals surface area contributed by atoms with E-state index in [0.29, 0.717) is 25.9 Å². The summed E-state index contributed by atoms with van der Waals surface area (Å²) < 4.78 is 0.